The Morgan fingerprint density at radius 3 is 2.38 bits per heavy atom. The van der Waals surface area contributed by atoms with Crippen LogP contribution in [-0.4, -0.2) is 49.4 Å². The van der Waals surface area contributed by atoms with Crippen molar-refractivity contribution in [1.29, 1.82) is 0 Å². The number of amides is 1. The van der Waals surface area contributed by atoms with Crippen LogP contribution in [0.3, 0.4) is 0 Å². The summed E-state index contributed by atoms with van der Waals surface area (Å²) in [6, 6.07) is -0.716. The van der Waals surface area contributed by atoms with E-state index in [0.717, 1.165) is 6.26 Å². The summed E-state index contributed by atoms with van der Waals surface area (Å²) < 4.78 is 21.4. The van der Waals surface area contributed by atoms with E-state index in [1.165, 1.54) is 0 Å². The van der Waals surface area contributed by atoms with Crippen LogP contribution in [0.5, 0.6) is 0 Å². The fraction of sp³-hybridized carbons (Fsp3) is 0.833. The molecule has 0 aliphatic carbocycles. The fourth-order valence-corrected chi connectivity index (χ4v) is 1.45. The van der Waals surface area contributed by atoms with E-state index in [4.69, 9.17) is 10.2 Å². The number of carbonyl (C=O) groups is 1. The Balaban J connectivity index is 3.93. The third-order valence-electron chi connectivity index (χ3n) is 1.39. The van der Waals surface area contributed by atoms with Crippen molar-refractivity contribution in [2.45, 2.75) is 12.5 Å². The van der Waals surface area contributed by atoms with E-state index >= 15 is 0 Å². The number of sulfone groups is 1. The summed E-state index contributed by atoms with van der Waals surface area (Å²) in [7, 11) is -3.11. The molecule has 0 aliphatic heterocycles. The zero-order valence-electron chi connectivity index (χ0n) is 7.23. The number of aliphatic hydroxyl groups excluding tert-OH is 1. The van der Waals surface area contributed by atoms with Crippen LogP contribution in [0.15, 0.2) is 0 Å². The maximum Gasteiger partial charge on any atom is 0.404 e. The van der Waals surface area contributed by atoms with Crippen LogP contribution in [0.25, 0.3) is 0 Å². The van der Waals surface area contributed by atoms with Gasteiger partial charge in [0.25, 0.3) is 0 Å². The van der Waals surface area contributed by atoms with Gasteiger partial charge in [0.1, 0.15) is 9.84 Å². The molecule has 6 nitrogen and oxygen atoms in total. The molecule has 0 aliphatic rings. The number of rotatable bonds is 5. The summed E-state index contributed by atoms with van der Waals surface area (Å²) in [5.74, 6) is -0.140. The Bertz CT molecular complexity index is 260. The average Bonchev–Trinajstić information content (AvgIpc) is 1.95. The second-order valence-corrected chi connectivity index (χ2v) is 5.01. The van der Waals surface area contributed by atoms with Crippen molar-refractivity contribution in [3.63, 3.8) is 0 Å². The van der Waals surface area contributed by atoms with Gasteiger partial charge in [-0.15, -0.1) is 0 Å². The Hall–Kier alpha value is -0.820. The maximum absolute atomic E-state index is 10.7. The van der Waals surface area contributed by atoms with Crippen molar-refractivity contribution < 1.29 is 23.4 Å². The van der Waals surface area contributed by atoms with Gasteiger partial charge >= 0.3 is 6.09 Å². The van der Waals surface area contributed by atoms with Gasteiger partial charge in [0, 0.05) is 6.26 Å². The molecule has 0 radical (unpaired) electrons. The first-order valence-corrected chi connectivity index (χ1v) is 5.69. The van der Waals surface area contributed by atoms with Crippen LogP contribution in [0.1, 0.15) is 6.42 Å². The zero-order valence-corrected chi connectivity index (χ0v) is 8.04. The van der Waals surface area contributed by atoms with E-state index in [0.29, 0.717) is 0 Å². The molecule has 0 heterocycles. The first-order chi connectivity index (χ1) is 5.85. The van der Waals surface area contributed by atoms with Crippen molar-refractivity contribution in [2.24, 2.45) is 0 Å². The normalized spacial score (nSPS) is 13.7. The van der Waals surface area contributed by atoms with Crippen molar-refractivity contribution >= 4 is 15.9 Å². The fourth-order valence-electron chi connectivity index (χ4n) is 0.740. The molecule has 0 saturated carbocycles. The molecule has 78 valence electrons. The molecule has 3 N–H and O–H groups in total. The van der Waals surface area contributed by atoms with E-state index in [9.17, 15) is 13.2 Å². The molecule has 1 unspecified atom stereocenters. The highest BCUT2D eigenvalue weighted by Gasteiger charge is 2.12. The molecule has 0 rings (SSSR count). The highest BCUT2D eigenvalue weighted by atomic mass is 32.2. The van der Waals surface area contributed by atoms with Gasteiger partial charge in [-0.1, -0.05) is 0 Å². The zero-order chi connectivity index (χ0) is 10.5. The lowest BCUT2D eigenvalue weighted by Crippen LogP contribution is -2.37. The highest BCUT2D eigenvalue weighted by Crippen LogP contribution is 1.95. The predicted octanol–water partition coefficient (Wildman–Crippen LogP) is -0.950. The molecule has 7 heteroatoms. The Morgan fingerprint density at radius 1 is 1.54 bits per heavy atom. The predicted molar refractivity (Wildman–Crippen MR) is 46.4 cm³/mol. The second kappa shape index (κ2) is 5.03. The number of nitrogens with one attached hydrogen (secondary N) is 1. The summed E-state index contributed by atoms with van der Waals surface area (Å²) in [4.78, 5) is 10.1. The van der Waals surface area contributed by atoms with Gasteiger partial charge in [0.05, 0.1) is 18.4 Å². The van der Waals surface area contributed by atoms with Crippen LogP contribution in [0, 0.1) is 0 Å². The van der Waals surface area contributed by atoms with E-state index in [-0.39, 0.29) is 12.2 Å². The maximum atomic E-state index is 10.7. The number of carboxylic acid groups (broad SMARTS) is 1. The van der Waals surface area contributed by atoms with E-state index in [1.807, 2.05) is 5.32 Å². The highest BCUT2D eigenvalue weighted by molar-refractivity contribution is 7.90. The summed E-state index contributed by atoms with van der Waals surface area (Å²) >= 11 is 0. The molecule has 0 saturated heterocycles. The lowest BCUT2D eigenvalue weighted by atomic mass is 10.2. The number of hydrogen-bond donors (Lipinski definition) is 3. The molecule has 0 spiro atoms. The van der Waals surface area contributed by atoms with Crippen LogP contribution in [0.4, 0.5) is 4.79 Å². The van der Waals surface area contributed by atoms with Crippen molar-refractivity contribution in [3.8, 4) is 0 Å². The van der Waals surface area contributed by atoms with Gasteiger partial charge < -0.3 is 15.5 Å². The largest absolute Gasteiger partial charge is 0.465 e. The first kappa shape index (κ1) is 12.2. The lowest BCUT2D eigenvalue weighted by Gasteiger charge is -2.12. The summed E-state index contributed by atoms with van der Waals surface area (Å²) in [6.45, 7) is -0.401. The minimum Gasteiger partial charge on any atom is -0.465 e. The van der Waals surface area contributed by atoms with Gasteiger partial charge in [-0.2, -0.15) is 0 Å². The minimum absolute atomic E-state index is 0.0850. The van der Waals surface area contributed by atoms with Gasteiger partial charge in [-0.3, -0.25) is 0 Å². The van der Waals surface area contributed by atoms with Crippen LogP contribution < -0.4 is 5.32 Å². The topological polar surface area (TPSA) is 104 Å². The van der Waals surface area contributed by atoms with Crippen molar-refractivity contribution in [1.82, 2.24) is 5.32 Å². The van der Waals surface area contributed by atoms with Crippen molar-refractivity contribution in [2.75, 3.05) is 18.6 Å². The summed E-state index contributed by atoms with van der Waals surface area (Å²) in [5, 5.41) is 18.9. The summed E-state index contributed by atoms with van der Waals surface area (Å²) in [6.07, 6.45) is -0.128. The monoisotopic (exact) mass is 211 g/mol. The van der Waals surface area contributed by atoms with Gasteiger partial charge in [0.15, 0.2) is 0 Å². The van der Waals surface area contributed by atoms with Gasteiger partial charge in [-0.05, 0) is 6.42 Å². The average molecular weight is 211 g/mol. The van der Waals surface area contributed by atoms with Crippen molar-refractivity contribution in [3.05, 3.63) is 0 Å². The molecule has 0 aromatic carbocycles. The molecule has 13 heavy (non-hydrogen) atoms. The van der Waals surface area contributed by atoms with E-state index in [1.54, 1.807) is 0 Å². The third-order valence-corrected chi connectivity index (χ3v) is 2.36. The number of aliphatic hydroxyl groups is 1. The third kappa shape index (κ3) is 7.54. The molecule has 1 atom stereocenters. The second-order valence-electron chi connectivity index (χ2n) is 2.75. The molecule has 0 aromatic rings. The Kier molecular flexibility index (Phi) is 4.71. The van der Waals surface area contributed by atoms with E-state index < -0.39 is 28.6 Å². The summed E-state index contributed by atoms with van der Waals surface area (Å²) in [5.41, 5.74) is 0. The molecule has 0 aromatic heterocycles. The van der Waals surface area contributed by atoms with Crippen LogP contribution in [-0.2, 0) is 9.84 Å². The lowest BCUT2D eigenvalue weighted by molar-refractivity contribution is 0.176. The molecule has 0 bridgehead atoms. The molecule has 1 amide bonds. The molecular weight excluding hydrogens is 198 g/mol. The van der Waals surface area contributed by atoms with Gasteiger partial charge in [0.2, 0.25) is 0 Å². The standard InChI is InChI=1S/C6H13NO5S/c1-13(11,12)3-2-5(4-8)7-6(9)10/h5,7-8H,2-4H2,1H3,(H,9,10). The van der Waals surface area contributed by atoms with E-state index in [2.05, 4.69) is 0 Å². The molecule has 0 fully saturated rings. The van der Waals surface area contributed by atoms with Crippen LogP contribution >= 0.6 is 0 Å². The van der Waals surface area contributed by atoms with Gasteiger partial charge in [-0.25, -0.2) is 13.2 Å². The SMILES string of the molecule is CS(=O)(=O)CCC(CO)NC(=O)O. The van der Waals surface area contributed by atoms with Crippen LogP contribution in [0.2, 0.25) is 0 Å². The Morgan fingerprint density at radius 2 is 2.08 bits per heavy atom. The number of hydrogen-bond acceptors (Lipinski definition) is 4. The quantitative estimate of drug-likeness (QED) is 0.544. The minimum atomic E-state index is -3.11. The Labute approximate surface area is 76.5 Å². The smallest absolute Gasteiger partial charge is 0.404 e. The molecular formula is C6H13NO5S. The first-order valence-electron chi connectivity index (χ1n) is 3.63.